The first kappa shape index (κ1) is 16.7. The first-order valence-corrected chi connectivity index (χ1v) is 8.75. The van der Waals surface area contributed by atoms with Gasteiger partial charge in [0.15, 0.2) is 0 Å². The standard InChI is InChI=1S/C19H19FN4O2/c1-10-17-13(6-15(20)18(10)23-5-4-11(22)8-23)19(26)14(16(25)7-21)9-24(17)12-2-3-12/h6,9,11-12H,2-5,8,22H2,1H3. The van der Waals surface area contributed by atoms with Crippen molar-refractivity contribution in [2.45, 2.75) is 38.3 Å². The Labute approximate surface area is 149 Å². The second-order valence-corrected chi connectivity index (χ2v) is 7.17. The lowest BCUT2D eigenvalue weighted by molar-refractivity contribution is 0.105. The zero-order chi connectivity index (χ0) is 18.6. The molecule has 2 aliphatic rings. The molecule has 7 heteroatoms. The van der Waals surface area contributed by atoms with Crippen molar-refractivity contribution in [2.75, 3.05) is 18.0 Å². The number of aryl methyl sites for hydroxylation is 1. The molecule has 2 fully saturated rings. The van der Waals surface area contributed by atoms with Crippen molar-refractivity contribution < 1.29 is 9.18 Å². The lowest BCUT2D eigenvalue weighted by Crippen LogP contribution is -2.28. The van der Waals surface area contributed by atoms with Crippen LogP contribution in [0.5, 0.6) is 0 Å². The molecule has 1 aliphatic heterocycles. The van der Waals surface area contributed by atoms with Crippen molar-refractivity contribution >= 4 is 22.4 Å². The van der Waals surface area contributed by atoms with Gasteiger partial charge in [-0.3, -0.25) is 9.59 Å². The molecule has 1 saturated carbocycles. The fourth-order valence-corrected chi connectivity index (χ4v) is 3.91. The molecule has 1 aliphatic carbocycles. The molecule has 1 saturated heterocycles. The Balaban J connectivity index is 2.03. The maximum atomic E-state index is 14.9. The molecule has 0 radical (unpaired) electrons. The second kappa shape index (κ2) is 5.92. The summed E-state index contributed by atoms with van der Waals surface area (Å²) in [5, 5.41) is 9.06. The summed E-state index contributed by atoms with van der Waals surface area (Å²) >= 11 is 0. The molecule has 0 amide bonds. The summed E-state index contributed by atoms with van der Waals surface area (Å²) in [4.78, 5) is 26.5. The highest BCUT2D eigenvalue weighted by Gasteiger charge is 2.30. The smallest absolute Gasteiger partial charge is 0.267 e. The highest BCUT2D eigenvalue weighted by Crippen LogP contribution is 2.40. The van der Waals surface area contributed by atoms with Gasteiger partial charge >= 0.3 is 0 Å². The summed E-state index contributed by atoms with van der Waals surface area (Å²) in [6.07, 6.45) is 4.12. The van der Waals surface area contributed by atoms with Crippen LogP contribution in [0.4, 0.5) is 10.1 Å². The van der Waals surface area contributed by atoms with Crippen LogP contribution in [0.25, 0.3) is 10.9 Å². The lowest BCUT2D eigenvalue weighted by atomic mass is 10.0. The first-order valence-electron chi connectivity index (χ1n) is 8.75. The van der Waals surface area contributed by atoms with E-state index in [2.05, 4.69) is 0 Å². The number of nitriles is 1. The number of carbonyl (C=O) groups excluding carboxylic acids is 1. The van der Waals surface area contributed by atoms with E-state index in [9.17, 15) is 14.0 Å². The Morgan fingerprint density at radius 2 is 2.12 bits per heavy atom. The van der Waals surface area contributed by atoms with Crippen LogP contribution in [0.3, 0.4) is 0 Å². The number of aromatic nitrogens is 1. The van der Waals surface area contributed by atoms with E-state index in [1.807, 2.05) is 9.47 Å². The van der Waals surface area contributed by atoms with Crippen LogP contribution in [0.2, 0.25) is 0 Å². The maximum absolute atomic E-state index is 14.9. The molecule has 26 heavy (non-hydrogen) atoms. The summed E-state index contributed by atoms with van der Waals surface area (Å²) in [6, 6.07) is 2.87. The minimum absolute atomic E-state index is 0.00532. The Kier molecular flexibility index (Phi) is 3.81. The van der Waals surface area contributed by atoms with Crippen LogP contribution in [-0.4, -0.2) is 29.5 Å². The SMILES string of the molecule is Cc1c(N2CCC(N)C2)c(F)cc2c(=O)c(C(=O)C#N)cn(C3CC3)c12. The number of pyridine rings is 1. The minimum atomic E-state index is -0.890. The average molecular weight is 354 g/mol. The first-order chi connectivity index (χ1) is 12.4. The van der Waals surface area contributed by atoms with Gasteiger partial charge in [-0.05, 0) is 37.8 Å². The number of fused-ring (bicyclic) bond motifs is 1. The van der Waals surface area contributed by atoms with Gasteiger partial charge in [0.1, 0.15) is 11.9 Å². The van der Waals surface area contributed by atoms with E-state index in [1.165, 1.54) is 18.3 Å². The maximum Gasteiger partial charge on any atom is 0.267 e. The number of hydrogen-bond acceptors (Lipinski definition) is 5. The van der Waals surface area contributed by atoms with Gasteiger partial charge in [0.2, 0.25) is 5.43 Å². The van der Waals surface area contributed by atoms with E-state index in [0.29, 0.717) is 29.9 Å². The fraction of sp³-hybridized carbons (Fsp3) is 0.421. The molecule has 1 aromatic carbocycles. The van der Waals surface area contributed by atoms with Crippen LogP contribution in [0.15, 0.2) is 17.1 Å². The lowest BCUT2D eigenvalue weighted by Gasteiger charge is -2.24. The van der Waals surface area contributed by atoms with Gasteiger partial charge in [0.25, 0.3) is 5.78 Å². The van der Waals surface area contributed by atoms with E-state index in [1.54, 1.807) is 6.92 Å². The number of anilines is 1. The van der Waals surface area contributed by atoms with Crippen LogP contribution in [-0.2, 0) is 0 Å². The van der Waals surface area contributed by atoms with Crippen molar-refractivity contribution in [2.24, 2.45) is 5.73 Å². The van der Waals surface area contributed by atoms with Gasteiger partial charge in [-0.2, -0.15) is 5.26 Å². The molecule has 2 N–H and O–H groups in total. The summed E-state index contributed by atoms with van der Waals surface area (Å²) in [7, 11) is 0. The second-order valence-electron chi connectivity index (χ2n) is 7.17. The van der Waals surface area contributed by atoms with Crippen molar-refractivity contribution in [1.29, 1.82) is 5.26 Å². The highest BCUT2D eigenvalue weighted by atomic mass is 19.1. The van der Waals surface area contributed by atoms with E-state index >= 15 is 0 Å². The number of ketones is 1. The molecule has 0 bridgehead atoms. The number of benzene rings is 1. The van der Waals surface area contributed by atoms with Gasteiger partial charge < -0.3 is 15.2 Å². The van der Waals surface area contributed by atoms with Crippen LogP contribution >= 0.6 is 0 Å². The van der Waals surface area contributed by atoms with Crippen LogP contribution < -0.4 is 16.1 Å². The van der Waals surface area contributed by atoms with Gasteiger partial charge in [0.05, 0.1) is 16.8 Å². The number of Topliss-reactive ketones (excluding diaryl/α,β-unsaturated/α-hetero) is 1. The molecule has 2 heterocycles. The predicted molar refractivity (Wildman–Crippen MR) is 95.9 cm³/mol. The third-order valence-corrected chi connectivity index (χ3v) is 5.31. The van der Waals surface area contributed by atoms with Crippen LogP contribution in [0.1, 0.15) is 41.2 Å². The molecule has 1 atom stereocenters. The Morgan fingerprint density at radius 1 is 1.38 bits per heavy atom. The van der Waals surface area contributed by atoms with E-state index in [0.717, 1.165) is 19.3 Å². The topological polar surface area (TPSA) is 92.1 Å². The summed E-state index contributed by atoms with van der Waals surface area (Å²) in [5.74, 6) is -1.39. The summed E-state index contributed by atoms with van der Waals surface area (Å²) in [5.41, 5.74) is 6.98. The molecule has 1 aromatic heterocycles. The van der Waals surface area contributed by atoms with Gasteiger partial charge in [-0.25, -0.2) is 4.39 Å². The molecule has 6 nitrogen and oxygen atoms in total. The zero-order valence-electron chi connectivity index (χ0n) is 14.5. The summed E-state index contributed by atoms with van der Waals surface area (Å²) in [6.45, 7) is 3.04. The summed E-state index contributed by atoms with van der Waals surface area (Å²) < 4.78 is 16.8. The molecular weight excluding hydrogens is 335 g/mol. The highest BCUT2D eigenvalue weighted by molar-refractivity contribution is 6.09. The normalized spacial score (nSPS) is 19.8. The van der Waals surface area contributed by atoms with E-state index in [4.69, 9.17) is 11.0 Å². The van der Waals surface area contributed by atoms with Gasteiger partial charge in [0, 0.05) is 36.8 Å². The molecule has 134 valence electrons. The quantitative estimate of drug-likeness (QED) is 0.672. The van der Waals surface area contributed by atoms with Gasteiger partial charge in [-0.1, -0.05) is 0 Å². The monoisotopic (exact) mass is 354 g/mol. The van der Waals surface area contributed by atoms with Crippen molar-refractivity contribution in [1.82, 2.24) is 4.57 Å². The molecule has 4 rings (SSSR count). The van der Waals surface area contributed by atoms with Crippen molar-refractivity contribution in [3.8, 4) is 6.07 Å². The molecular formula is C19H19FN4O2. The largest absolute Gasteiger partial charge is 0.367 e. The number of rotatable bonds is 3. The van der Waals surface area contributed by atoms with Gasteiger partial charge in [-0.15, -0.1) is 0 Å². The van der Waals surface area contributed by atoms with E-state index < -0.39 is 17.0 Å². The molecule has 2 aromatic rings. The minimum Gasteiger partial charge on any atom is -0.367 e. The Morgan fingerprint density at radius 3 is 2.69 bits per heavy atom. The predicted octanol–water partition coefficient (Wildman–Crippen LogP) is 2.03. The molecule has 1 unspecified atom stereocenters. The van der Waals surface area contributed by atoms with Crippen molar-refractivity contribution in [3.05, 3.63) is 39.4 Å². The van der Waals surface area contributed by atoms with Crippen LogP contribution in [0, 0.1) is 24.1 Å². The number of nitrogens with zero attached hydrogens (tertiary/aromatic N) is 3. The Bertz CT molecular complexity index is 1030. The molecule has 0 spiro atoms. The van der Waals surface area contributed by atoms with E-state index in [-0.39, 0.29) is 23.0 Å². The zero-order valence-corrected chi connectivity index (χ0v) is 14.5. The number of nitrogens with two attached hydrogens (primary N) is 1. The third kappa shape index (κ3) is 2.49. The number of carbonyl (C=O) groups is 1. The Hall–Kier alpha value is -2.72. The number of halogens is 1. The van der Waals surface area contributed by atoms with Crippen molar-refractivity contribution in [3.63, 3.8) is 0 Å². The number of hydrogen-bond donors (Lipinski definition) is 1. The average Bonchev–Trinajstić information content (AvgIpc) is 3.37. The third-order valence-electron chi connectivity index (χ3n) is 5.31. The fourth-order valence-electron chi connectivity index (χ4n) is 3.91.